The average molecular weight is 444 g/mol. The van der Waals surface area contributed by atoms with Crippen LogP contribution in [0.1, 0.15) is 37.9 Å². The van der Waals surface area contributed by atoms with Crippen molar-refractivity contribution in [3.8, 4) is 11.5 Å². The van der Waals surface area contributed by atoms with Gasteiger partial charge in [-0.05, 0) is 32.9 Å². The van der Waals surface area contributed by atoms with Crippen LogP contribution in [0.15, 0.2) is 42.5 Å². The van der Waals surface area contributed by atoms with Crippen molar-refractivity contribution in [2.45, 2.75) is 38.5 Å². The normalized spacial score (nSPS) is 12.2. The number of para-hydroxylation sites is 2. The van der Waals surface area contributed by atoms with Gasteiger partial charge in [0.1, 0.15) is 11.5 Å². The first-order valence-corrected chi connectivity index (χ1v) is 8.89. The number of hydrogen-bond acceptors (Lipinski definition) is 5. The zero-order chi connectivity index (χ0) is 21.1. The molecule has 1 atom stereocenters. The molecule has 1 unspecified atom stereocenters. The van der Waals surface area contributed by atoms with E-state index in [9.17, 15) is 14.7 Å². The van der Waals surface area contributed by atoms with Gasteiger partial charge < -0.3 is 25.4 Å². The van der Waals surface area contributed by atoms with E-state index in [-0.39, 0.29) is 35.0 Å². The van der Waals surface area contributed by atoms with Crippen LogP contribution in [0.25, 0.3) is 0 Å². The molecule has 0 aliphatic heterocycles. The largest absolute Gasteiger partial charge is 0.506 e. The van der Waals surface area contributed by atoms with Gasteiger partial charge in [0.15, 0.2) is 0 Å². The second-order valence-corrected chi connectivity index (χ2v) is 7.25. The molecule has 0 amide bonds. The molecule has 9 heteroatoms. The number of aliphatic carboxylic acids is 2. The zero-order valence-corrected chi connectivity index (χ0v) is 17.6. The van der Waals surface area contributed by atoms with Crippen LogP contribution in [0.2, 0.25) is 5.02 Å². The van der Waals surface area contributed by atoms with E-state index in [0.717, 1.165) is 0 Å². The lowest BCUT2D eigenvalue weighted by molar-refractivity contribution is -0.159. The quantitative estimate of drug-likeness (QED) is 0.456. The summed E-state index contributed by atoms with van der Waals surface area (Å²) in [7, 11) is 0. The van der Waals surface area contributed by atoms with Gasteiger partial charge in [-0.15, -0.1) is 12.4 Å². The molecule has 2 aromatic carbocycles. The molecule has 0 saturated carbocycles. The van der Waals surface area contributed by atoms with Crippen LogP contribution in [0.4, 0.5) is 0 Å². The lowest BCUT2D eigenvalue weighted by Gasteiger charge is -2.33. The summed E-state index contributed by atoms with van der Waals surface area (Å²) >= 11 is 5.98. The molecule has 2 rings (SSSR count). The number of phenols is 1. The van der Waals surface area contributed by atoms with Crippen molar-refractivity contribution in [3.63, 3.8) is 0 Å². The molecule has 0 saturated heterocycles. The minimum absolute atomic E-state index is 0. The van der Waals surface area contributed by atoms with Crippen molar-refractivity contribution < 1.29 is 29.6 Å². The van der Waals surface area contributed by atoms with Gasteiger partial charge in [-0.1, -0.05) is 41.9 Å². The molecule has 0 aliphatic carbocycles. The summed E-state index contributed by atoms with van der Waals surface area (Å²) in [5.41, 5.74) is 0.399. The third-order valence-corrected chi connectivity index (χ3v) is 4.62. The Bertz CT molecular complexity index is 873. The Kier molecular flexibility index (Phi) is 8.32. The second-order valence-electron chi connectivity index (χ2n) is 6.84. The van der Waals surface area contributed by atoms with Crippen LogP contribution in [0.5, 0.6) is 11.5 Å². The lowest BCUT2D eigenvalue weighted by Crippen LogP contribution is -2.40. The Morgan fingerprint density at radius 2 is 1.66 bits per heavy atom. The first-order chi connectivity index (χ1) is 13.0. The minimum atomic E-state index is -2.02. The van der Waals surface area contributed by atoms with Gasteiger partial charge in [0.05, 0.1) is 5.02 Å². The van der Waals surface area contributed by atoms with E-state index in [4.69, 9.17) is 26.6 Å². The second kappa shape index (κ2) is 9.82. The highest BCUT2D eigenvalue weighted by atomic mass is 35.5. The summed E-state index contributed by atoms with van der Waals surface area (Å²) in [6, 6.07) is 11.3. The topological polar surface area (TPSA) is 116 Å². The summed E-state index contributed by atoms with van der Waals surface area (Å²) in [5.74, 6) is -3.07. The summed E-state index contributed by atoms with van der Waals surface area (Å²) in [6.45, 7) is 5.52. The highest BCUT2D eigenvalue weighted by molar-refractivity contribution is 6.32. The summed E-state index contributed by atoms with van der Waals surface area (Å²) in [6.07, 6.45) is -2.02. The van der Waals surface area contributed by atoms with Crippen LogP contribution >= 0.6 is 24.0 Å². The number of aromatic hydroxyl groups is 1. The van der Waals surface area contributed by atoms with Crippen LogP contribution in [0, 0.1) is 0 Å². The number of rotatable bonds is 8. The Labute approximate surface area is 179 Å². The Morgan fingerprint density at radius 3 is 2.24 bits per heavy atom. The molecular formula is C20H23Cl2NO6. The predicted molar refractivity (Wildman–Crippen MR) is 111 cm³/mol. The van der Waals surface area contributed by atoms with Crippen LogP contribution in [-0.4, -0.2) is 33.4 Å². The third kappa shape index (κ3) is 5.76. The molecule has 0 aliphatic rings. The maximum Gasteiger partial charge on any atom is 0.356 e. The molecule has 2 aromatic rings. The highest BCUT2D eigenvalue weighted by Crippen LogP contribution is 2.36. The van der Waals surface area contributed by atoms with Crippen LogP contribution < -0.4 is 10.1 Å². The van der Waals surface area contributed by atoms with Crippen molar-refractivity contribution in [2.24, 2.45) is 0 Å². The minimum Gasteiger partial charge on any atom is -0.506 e. The van der Waals surface area contributed by atoms with Crippen molar-refractivity contribution in [1.29, 1.82) is 0 Å². The predicted octanol–water partition coefficient (Wildman–Crippen LogP) is 3.97. The molecule has 29 heavy (non-hydrogen) atoms. The van der Waals surface area contributed by atoms with E-state index in [1.807, 2.05) is 20.8 Å². The van der Waals surface area contributed by atoms with Crippen molar-refractivity contribution in [1.82, 2.24) is 5.32 Å². The van der Waals surface area contributed by atoms with Crippen molar-refractivity contribution >= 4 is 35.9 Å². The first kappa shape index (κ1) is 24.6. The number of phenolic OH excluding ortho intramolecular Hbond substituents is 1. The van der Waals surface area contributed by atoms with Gasteiger partial charge in [0, 0.05) is 22.7 Å². The number of ether oxygens (including phenoxy) is 1. The third-order valence-electron chi connectivity index (χ3n) is 4.32. The van der Waals surface area contributed by atoms with Gasteiger partial charge in [-0.3, -0.25) is 0 Å². The van der Waals surface area contributed by atoms with Crippen molar-refractivity contribution in [2.75, 3.05) is 0 Å². The zero-order valence-electron chi connectivity index (χ0n) is 16.0. The number of carbonyl (C=O) groups is 2. The van der Waals surface area contributed by atoms with E-state index in [1.165, 1.54) is 6.07 Å². The summed E-state index contributed by atoms with van der Waals surface area (Å²) in [5, 5.41) is 31.9. The Morgan fingerprint density at radius 1 is 1.07 bits per heavy atom. The molecule has 0 radical (unpaired) electrons. The first-order valence-electron chi connectivity index (χ1n) is 8.51. The molecule has 0 aromatic heterocycles. The average Bonchev–Trinajstić information content (AvgIpc) is 2.61. The van der Waals surface area contributed by atoms with Gasteiger partial charge in [0.25, 0.3) is 6.10 Å². The molecule has 7 nitrogen and oxygen atoms in total. The lowest BCUT2D eigenvalue weighted by atomic mass is 9.91. The maximum absolute atomic E-state index is 11.2. The van der Waals surface area contributed by atoms with E-state index in [1.54, 1.807) is 36.4 Å². The number of hydrogen-bond donors (Lipinski definition) is 4. The number of carboxylic acid groups (broad SMARTS) is 2. The van der Waals surface area contributed by atoms with Crippen LogP contribution in [-0.2, 0) is 15.1 Å². The number of halogens is 2. The van der Waals surface area contributed by atoms with Gasteiger partial charge >= 0.3 is 11.9 Å². The SMILES string of the molecule is CC(NC(C)(C)c1ccccc1OC(C(=O)O)C(=O)O)c1cccc(Cl)c1O.Cl. The Hall–Kier alpha value is -2.48. The van der Waals surface area contributed by atoms with E-state index in [0.29, 0.717) is 11.1 Å². The Balaban J connectivity index is 0.00000420. The molecule has 4 N–H and O–H groups in total. The van der Waals surface area contributed by atoms with Crippen LogP contribution in [0.3, 0.4) is 0 Å². The number of benzene rings is 2. The molecular weight excluding hydrogens is 421 g/mol. The van der Waals surface area contributed by atoms with Gasteiger partial charge in [-0.2, -0.15) is 0 Å². The fraction of sp³-hybridized carbons (Fsp3) is 0.300. The monoisotopic (exact) mass is 443 g/mol. The number of carboxylic acids is 2. The van der Waals surface area contributed by atoms with Gasteiger partial charge in [0.2, 0.25) is 0 Å². The molecule has 0 fully saturated rings. The smallest absolute Gasteiger partial charge is 0.356 e. The highest BCUT2D eigenvalue weighted by Gasteiger charge is 2.32. The fourth-order valence-corrected chi connectivity index (χ4v) is 3.18. The molecule has 0 heterocycles. The fourth-order valence-electron chi connectivity index (χ4n) is 3.00. The molecule has 158 valence electrons. The van der Waals surface area contributed by atoms with Crippen molar-refractivity contribution in [3.05, 3.63) is 58.6 Å². The standard InChI is InChI=1S/C20H22ClNO6.ClH/c1-11(12-7-6-9-14(21)16(12)23)22-20(2,3)13-8-4-5-10-15(13)28-17(18(24)25)19(26)27;/h4-11,17,22-23H,1-3H3,(H,24,25)(H,26,27);1H. The molecule has 0 spiro atoms. The van der Waals surface area contributed by atoms with E-state index >= 15 is 0 Å². The summed E-state index contributed by atoms with van der Waals surface area (Å²) in [4.78, 5) is 22.4. The molecule has 0 bridgehead atoms. The number of nitrogens with one attached hydrogen (secondary N) is 1. The van der Waals surface area contributed by atoms with E-state index in [2.05, 4.69) is 5.32 Å². The van der Waals surface area contributed by atoms with E-state index < -0.39 is 23.6 Å². The summed E-state index contributed by atoms with van der Waals surface area (Å²) < 4.78 is 5.28. The van der Waals surface area contributed by atoms with Gasteiger partial charge in [-0.25, -0.2) is 9.59 Å². The maximum atomic E-state index is 11.2.